The Morgan fingerprint density at radius 2 is 2.36 bits per heavy atom. The molecule has 2 aliphatic heterocycles. The van der Waals surface area contributed by atoms with Crippen molar-refractivity contribution < 1.29 is 4.79 Å². The fourth-order valence-corrected chi connectivity index (χ4v) is 2.21. The van der Waals surface area contributed by atoms with E-state index >= 15 is 0 Å². The first-order chi connectivity index (χ1) is 6.57. The number of hydrogen-bond donors (Lipinski definition) is 2. The second kappa shape index (κ2) is 2.95. The molecule has 78 valence electrons. The van der Waals surface area contributed by atoms with Crippen molar-refractivity contribution in [2.75, 3.05) is 20.6 Å². The largest absolute Gasteiger partial charge is 0.341 e. The van der Waals surface area contributed by atoms with Gasteiger partial charge in [-0.05, 0) is 20.4 Å². The van der Waals surface area contributed by atoms with Gasteiger partial charge in [-0.25, -0.2) is 0 Å². The van der Waals surface area contributed by atoms with E-state index in [0.717, 1.165) is 13.0 Å². The van der Waals surface area contributed by atoms with Crippen LogP contribution < -0.4 is 10.6 Å². The highest BCUT2D eigenvalue weighted by Crippen LogP contribution is 2.27. The third-order valence-corrected chi connectivity index (χ3v) is 3.16. The van der Waals surface area contributed by atoms with E-state index < -0.39 is 5.54 Å². The van der Waals surface area contributed by atoms with Crippen LogP contribution in [0.25, 0.3) is 0 Å². The maximum Gasteiger partial charge on any atom is 0.253 e. The molecule has 2 rings (SSSR count). The molecule has 2 saturated heterocycles. The molecule has 0 saturated carbocycles. The van der Waals surface area contributed by atoms with Crippen molar-refractivity contribution >= 4 is 11.9 Å². The lowest BCUT2D eigenvalue weighted by atomic mass is 9.97. The fraction of sp³-hybridized carbons (Fsp3) is 0.778. The third-order valence-electron chi connectivity index (χ3n) is 3.16. The average Bonchev–Trinajstić information content (AvgIpc) is 2.57. The number of rotatable bonds is 0. The van der Waals surface area contributed by atoms with Crippen molar-refractivity contribution in [3.63, 3.8) is 0 Å². The topological polar surface area (TPSA) is 56.7 Å². The Balaban J connectivity index is 2.23. The van der Waals surface area contributed by atoms with Crippen LogP contribution in [0.2, 0.25) is 0 Å². The van der Waals surface area contributed by atoms with Gasteiger partial charge in [0.05, 0.1) is 0 Å². The fourth-order valence-electron chi connectivity index (χ4n) is 2.21. The van der Waals surface area contributed by atoms with Gasteiger partial charge in [0.1, 0.15) is 5.54 Å². The van der Waals surface area contributed by atoms with Crippen molar-refractivity contribution in [1.82, 2.24) is 15.5 Å². The van der Waals surface area contributed by atoms with E-state index in [-0.39, 0.29) is 5.91 Å². The first-order valence-electron chi connectivity index (χ1n) is 4.84. The highest BCUT2D eigenvalue weighted by Gasteiger charge is 2.51. The minimum absolute atomic E-state index is 0.0503. The summed E-state index contributed by atoms with van der Waals surface area (Å²) in [6, 6.07) is 0.435. The number of aliphatic imine (C=N–C) groups is 1. The summed E-state index contributed by atoms with van der Waals surface area (Å²) in [6.07, 6.45) is 0.842. The summed E-state index contributed by atoms with van der Waals surface area (Å²) in [6.45, 7) is 2.88. The van der Waals surface area contributed by atoms with Gasteiger partial charge in [0.15, 0.2) is 5.96 Å². The molecule has 0 bridgehead atoms. The summed E-state index contributed by atoms with van der Waals surface area (Å²) >= 11 is 0. The highest BCUT2D eigenvalue weighted by atomic mass is 16.2. The number of guanidine groups is 1. The summed E-state index contributed by atoms with van der Waals surface area (Å²) in [5.41, 5.74) is -0.441. The molecule has 2 unspecified atom stereocenters. The summed E-state index contributed by atoms with van der Waals surface area (Å²) in [7, 11) is 3.71. The zero-order chi connectivity index (χ0) is 10.3. The first-order valence-corrected chi connectivity index (χ1v) is 4.84. The molecular weight excluding hydrogens is 180 g/mol. The van der Waals surface area contributed by atoms with Gasteiger partial charge in [-0.2, -0.15) is 0 Å². The Morgan fingerprint density at radius 3 is 2.79 bits per heavy atom. The van der Waals surface area contributed by atoms with Gasteiger partial charge in [-0.3, -0.25) is 15.1 Å². The van der Waals surface area contributed by atoms with E-state index in [1.54, 1.807) is 7.05 Å². The minimum atomic E-state index is -0.441. The van der Waals surface area contributed by atoms with Crippen LogP contribution in [0.4, 0.5) is 0 Å². The summed E-state index contributed by atoms with van der Waals surface area (Å²) in [5, 5.41) is 5.92. The van der Waals surface area contributed by atoms with E-state index in [4.69, 9.17) is 0 Å². The van der Waals surface area contributed by atoms with Crippen molar-refractivity contribution in [2.45, 2.75) is 24.9 Å². The summed E-state index contributed by atoms with van der Waals surface area (Å²) < 4.78 is 0. The second-order valence-corrected chi connectivity index (χ2v) is 4.20. The van der Waals surface area contributed by atoms with E-state index in [1.807, 2.05) is 7.05 Å². The van der Waals surface area contributed by atoms with Crippen molar-refractivity contribution in [3.05, 3.63) is 0 Å². The van der Waals surface area contributed by atoms with Gasteiger partial charge in [0, 0.05) is 19.6 Å². The number of likely N-dealkylation sites (N-methyl/N-ethyl adjacent to an activating group) is 1. The van der Waals surface area contributed by atoms with Gasteiger partial charge >= 0.3 is 0 Å². The van der Waals surface area contributed by atoms with Crippen LogP contribution in [0.5, 0.6) is 0 Å². The number of carbonyl (C=O) groups excluding carboxylic acids is 1. The molecule has 2 heterocycles. The van der Waals surface area contributed by atoms with Crippen LogP contribution in [-0.2, 0) is 4.79 Å². The number of nitrogens with one attached hydrogen (secondary N) is 2. The molecule has 1 amide bonds. The van der Waals surface area contributed by atoms with Crippen LogP contribution in [0, 0.1) is 0 Å². The maximum absolute atomic E-state index is 11.8. The molecule has 0 aliphatic carbocycles. The lowest BCUT2D eigenvalue weighted by Gasteiger charge is -2.19. The Kier molecular flexibility index (Phi) is 1.99. The first kappa shape index (κ1) is 9.45. The van der Waals surface area contributed by atoms with E-state index in [0.29, 0.717) is 12.0 Å². The quantitative estimate of drug-likeness (QED) is 0.531. The van der Waals surface area contributed by atoms with Gasteiger partial charge in [-0.1, -0.05) is 0 Å². The molecule has 0 aromatic rings. The van der Waals surface area contributed by atoms with Crippen LogP contribution in [0.1, 0.15) is 13.3 Å². The molecule has 2 N–H and O–H groups in total. The third kappa shape index (κ3) is 1.19. The average molecular weight is 196 g/mol. The number of likely N-dealkylation sites (tertiary alicyclic amines) is 1. The standard InChI is InChI=1S/C9H16N4O/c1-6-4-9(5-13(6)3)7(14)11-8(10-2)12-9/h6H,4-5H2,1-3H3,(H2,10,11,12,14). The Labute approximate surface area is 83.6 Å². The molecular formula is C9H16N4O. The molecule has 1 spiro atoms. The summed E-state index contributed by atoms with van der Waals surface area (Å²) in [5.74, 6) is 0.645. The normalized spacial score (nSPS) is 40.6. The predicted molar refractivity (Wildman–Crippen MR) is 54.1 cm³/mol. The van der Waals surface area contributed by atoms with E-state index in [1.165, 1.54) is 0 Å². The predicted octanol–water partition coefficient (Wildman–Crippen LogP) is -0.846. The van der Waals surface area contributed by atoms with E-state index in [2.05, 4.69) is 27.4 Å². The zero-order valence-corrected chi connectivity index (χ0v) is 8.79. The van der Waals surface area contributed by atoms with Gasteiger partial charge in [0.25, 0.3) is 5.91 Å². The molecule has 2 aliphatic rings. The molecule has 2 atom stereocenters. The Hall–Kier alpha value is -1.10. The van der Waals surface area contributed by atoms with Crippen LogP contribution in [0.3, 0.4) is 0 Å². The smallest absolute Gasteiger partial charge is 0.253 e. The number of amides is 1. The minimum Gasteiger partial charge on any atom is -0.341 e. The molecule has 0 aromatic carbocycles. The van der Waals surface area contributed by atoms with Crippen LogP contribution in [0.15, 0.2) is 4.99 Å². The maximum atomic E-state index is 11.8. The molecule has 0 aromatic heterocycles. The van der Waals surface area contributed by atoms with Crippen molar-refractivity contribution in [1.29, 1.82) is 0 Å². The number of nitrogens with zero attached hydrogens (tertiary/aromatic N) is 2. The van der Waals surface area contributed by atoms with Gasteiger partial charge < -0.3 is 10.2 Å². The zero-order valence-electron chi connectivity index (χ0n) is 8.79. The van der Waals surface area contributed by atoms with Crippen molar-refractivity contribution in [2.24, 2.45) is 4.99 Å². The van der Waals surface area contributed by atoms with Crippen LogP contribution in [-0.4, -0.2) is 49.0 Å². The Bertz CT molecular complexity index is 289. The molecule has 2 fully saturated rings. The molecule has 14 heavy (non-hydrogen) atoms. The van der Waals surface area contributed by atoms with Gasteiger partial charge in [-0.15, -0.1) is 0 Å². The Morgan fingerprint density at radius 1 is 1.64 bits per heavy atom. The molecule has 5 nitrogen and oxygen atoms in total. The SMILES string of the molecule is CN=C1NC(=O)C2(CC(C)N(C)C2)N1. The van der Waals surface area contributed by atoms with Crippen molar-refractivity contribution in [3.8, 4) is 0 Å². The summed E-state index contributed by atoms with van der Waals surface area (Å²) in [4.78, 5) is 17.9. The number of carbonyl (C=O) groups is 1. The number of hydrogen-bond acceptors (Lipinski definition) is 3. The monoisotopic (exact) mass is 196 g/mol. The van der Waals surface area contributed by atoms with E-state index in [9.17, 15) is 4.79 Å². The molecule has 5 heteroatoms. The lowest BCUT2D eigenvalue weighted by Crippen LogP contribution is -2.48. The second-order valence-electron chi connectivity index (χ2n) is 4.20. The molecule has 0 radical (unpaired) electrons. The highest BCUT2D eigenvalue weighted by molar-refractivity contribution is 6.09. The lowest BCUT2D eigenvalue weighted by molar-refractivity contribution is -0.123. The van der Waals surface area contributed by atoms with Crippen LogP contribution >= 0.6 is 0 Å². The van der Waals surface area contributed by atoms with Gasteiger partial charge in [0.2, 0.25) is 0 Å².